The van der Waals surface area contributed by atoms with E-state index in [9.17, 15) is 9.59 Å². The standard InChI is InChI=1S/C17H14N2O2/c1-17(2,9-18)10-19-15(20)12-7-3-5-11-6-4-8-13(14(11)12)16(19)21/h3-8H,10H2,1-2H3. The predicted molar refractivity (Wildman–Crippen MR) is 78.7 cm³/mol. The lowest BCUT2D eigenvalue weighted by atomic mass is 9.90. The second kappa shape index (κ2) is 4.42. The SMILES string of the molecule is CC(C)(C#N)CN1C(=O)c2cccc3cccc(c23)C1=O. The van der Waals surface area contributed by atoms with Gasteiger partial charge in [0.2, 0.25) is 0 Å². The van der Waals surface area contributed by atoms with Gasteiger partial charge in [-0.15, -0.1) is 0 Å². The molecule has 2 aromatic rings. The zero-order valence-corrected chi connectivity index (χ0v) is 11.9. The number of imide groups is 1. The van der Waals surface area contributed by atoms with Gasteiger partial charge in [-0.2, -0.15) is 5.26 Å². The Kier molecular flexibility index (Phi) is 2.80. The molecule has 0 fully saturated rings. The minimum Gasteiger partial charge on any atom is -0.273 e. The molecule has 2 amide bonds. The van der Waals surface area contributed by atoms with Crippen molar-refractivity contribution in [1.82, 2.24) is 4.90 Å². The van der Waals surface area contributed by atoms with E-state index in [1.54, 1.807) is 26.0 Å². The lowest BCUT2D eigenvalue weighted by Gasteiger charge is -2.30. The van der Waals surface area contributed by atoms with Gasteiger partial charge in [-0.25, -0.2) is 0 Å². The van der Waals surface area contributed by atoms with Gasteiger partial charge in [0.15, 0.2) is 0 Å². The summed E-state index contributed by atoms with van der Waals surface area (Å²) in [4.78, 5) is 26.4. The van der Waals surface area contributed by atoms with Crippen molar-refractivity contribution >= 4 is 22.6 Å². The highest BCUT2D eigenvalue weighted by Gasteiger charge is 2.36. The molecular formula is C17H14N2O2. The second-order valence-corrected chi connectivity index (χ2v) is 5.90. The molecule has 0 bridgehead atoms. The fraction of sp³-hybridized carbons (Fsp3) is 0.235. The first-order valence-corrected chi connectivity index (χ1v) is 6.74. The van der Waals surface area contributed by atoms with Crippen molar-refractivity contribution in [2.24, 2.45) is 5.41 Å². The third-order valence-corrected chi connectivity index (χ3v) is 3.71. The average Bonchev–Trinajstić information content (AvgIpc) is 2.49. The Morgan fingerprint density at radius 2 is 1.57 bits per heavy atom. The number of nitriles is 1. The van der Waals surface area contributed by atoms with Gasteiger partial charge in [0.25, 0.3) is 11.8 Å². The lowest BCUT2D eigenvalue weighted by Crippen LogP contribution is -2.45. The van der Waals surface area contributed by atoms with E-state index in [4.69, 9.17) is 5.26 Å². The molecule has 21 heavy (non-hydrogen) atoms. The third-order valence-electron chi connectivity index (χ3n) is 3.71. The molecule has 0 spiro atoms. The highest BCUT2D eigenvalue weighted by Crippen LogP contribution is 2.31. The predicted octanol–water partition coefficient (Wildman–Crippen LogP) is 2.99. The summed E-state index contributed by atoms with van der Waals surface area (Å²) in [5.74, 6) is -0.653. The minimum atomic E-state index is -0.772. The highest BCUT2D eigenvalue weighted by molar-refractivity contribution is 6.25. The Hall–Kier alpha value is -2.67. The van der Waals surface area contributed by atoms with Gasteiger partial charge < -0.3 is 0 Å². The van der Waals surface area contributed by atoms with Crippen LogP contribution in [0.15, 0.2) is 36.4 Å². The van der Waals surface area contributed by atoms with E-state index in [1.807, 2.05) is 24.3 Å². The van der Waals surface area contributed by atoms with E-state index in [1.165, 1.54) is 4.90 Å². The van der Waals surface area contributed by atoms with Gasteiger partial charge >= 0.3 is 0 Å². The molecule has 0 unspecified atom stereocenters. The summed E-state index contributed by atoms with van der Waals surface area (Å²) < 4.78 is 0. The van der Waals surface area contributed by atoms with Gasteiger partial charge in [-0.3, -0.25) is 14.5 Å². The number of hydrogen-bond donors (Lipinski definition) is 0. The molecule has 0 N–H and O–H groups in total. The fourth-order valence-electron chi connectivity index (χ4n) is 2.65. The Morgan fingerprint density at radius 3 is 2.05 bits per heavy atom. The third kappa shape index (κ3) is 1.98. The molecule has 4 nitrogen and oxygen atoms in total. The van der Waals surface area contributed by atoms with Crippen LogP contribution < -0.4 is 0 Å². The number of nitrogens with zero attached hydrogens (tertiary/aromatic N) is 2. The molecule has 4 heteroatoms. The topological polar surface area (TPSA) is 61.2 Å². The number of benzene rings is 2. The Labute approximate surface area is 122 Å². The van der Waals surface area contributed by atoms with E-state index in [0.29, 0.717) is 16.5 Å². The van der Waals surface area contributed by atoms with Gasteiger partial charge in [0, 0.05) is 23.1 Å². The maximum Gasteiger partial charge on any atom is 0.261 e. The number of hydrogen-bond acceptors (Lipinski definition) is 3. The summed E-state index contributed by atoms with van der Waals surface area (Å²) in [5.41, 5.74) is 0.277. The zero-order valence-electron chi connectivity index (χ0n) is 11.9. The summed E-state index contributed by atoms with van der Waals surface area (Å²) in [6, 6.07) is 13.0. The van der Waals surface area contributed by atoms with Crippen LogP contribution in [0.2, 0.25) is 0 Å². The summed E-state index contributed by atoms with van der Waals surface area (Å²) in [6.45, 7) is 3.52. The van der Waals surface area contributed by atoms with Gasteiger partial charge in [-0.1, -0.05) is 24.3 Å². The van der Waals surface area contributed by atoms with Gasteiger partial charge in [-0.05, 0) is 31.4 Å². The van der Waals surface area contributed by atoms with Crippen LogP contribution in [0.4, 0.5) is 0 Å². The Bertz CT molecular complexity index is 764. The Morgan fingerprint density at radius 1 is 1.05 bits per heavy atom. The smallest absolute Gasteiger partial charge is 0.261 e. The molecule has 1 aliphatic heterocycles. The van der Waals surface area contributed by atoms with Crippen LogP contribution in [0.3, 0.4) is 0 Å². The number of rotatable bonds is 2. The van der Waals surface area contributed by atoms with Gasteiger partial charge in [0.05, 0.1) is 11.5 Å². The van der Waals surface area contributed by atoms with Crippen molar-refractivity contribution in [3.63, 3.8) is 0 Å². The molecule has 104 valence electrons. The molecule has 0 aromatic heterocycles. The van der Waals surface area contributed by atoms with Crippen LogP contribution in [0.1, 0.15) is 34.6 Å². The summed E-state index contributed by atoms with van der Waals surface area (Å²) in [5, 5.41) is 10.7. The van der Waals surface area contributed by atoms with Crippen LogP contribution in [-0.2, 0) is 0 Å². The molecule has 0 atom stereocenters. The molecular weight excluding hydrogens is 264 g/mol. The van der Waals surface area contributed by atoms with Gasteiger partial charge in [0.1, 0.15) is 0 Å². The number of amides is 2. The molecule has 0 saturated carbocycles. The molecule has 1 aliphatic rings. The van der Waals surface area contributed by atoms with Crippen molar-refractivity contribution in [2.45, 2.75) is 13.8 Å². The quantitative estimate of drug-likeness (QED) is 0.793. The molecule has 3 rings (SSSR count). The van der Waals surface area contributed by atoms with E-state index in [2.05, 4.69) is 6.07 Å². The zero-order chi connectivity index (χ0) is 15.2. The number of carbonyl (C=O) groups is 2. The van der Waals surface area contributed by atoms with Crippen molar-refractivity contribution in [3.8, 4) is 6.07 Å². The Balaban J connectivity index is 2.18. The molecule has 0 saturated heterocycles. The first kappa shape index (κ1) is 13.3. The maximum absolute atomic E-state index is 12.6. The monoisotopic (exact) mass is 278 g/mol. The normalized spacial score (nSPS) is 14.4. The van der Waals surface area contributed by atoms with E-state index < -0.39 is 5.41 Å². The molecule has 0 radical (unpaired) electrons. The average molecular weight is 278 g/mol. The van der Waals surface area contributed by atoms with Crippen molar-refractivity contribution in [1.29, 1.82) is 5.26 Å². The van der Waals surface area contributed by atoms with Crippen LogP contribution >= 0.6 is 0 Å². The largest absolute Gasteiger partial charge is 0.273 e. The van der Waals surface area contributed by atoms with Crippen LogP contribution in [0.5, 0.6) is 0 Å². The molecule has 2 aromatic carbocycles. The highest BCUT2D eigenvalue weighted by atomic mass is 16.2. The van der Waals surface area contributed by atoms with Crippen LogP contribution in [0, 0.1) is 16.7 Å². The number of carbonyl (C=O) groups excluding carboxylic acids is 2. The first-order chi connectivity index (χ1) is 9.94. The fourth-order valence-corrected chi connectivity index (χ4v) is 2.65. The lowest BCUT2D eigenvalue weighted by molar-refractivity contribution is 0.0571. The summed E-state index contributed by atoms with van der Waals surface area (Å²) in [7, 11) is 0. The first-order valence-electron chi connectivity index (χ1n) is 6.74. The van der Waals surface area contributed by atoms with Crippen LogP contribution in [0.25, 0.3) is 10.8 Å². The van der Waals surface area contributed by atoms with E-state index in [0.717, 1.165) is 5.39 Å². The van der Waals surface area contributed by atoms with Crippen LogP contribution in [-0.4, -0.2) is 23.3 Å². The van der Waals surface area contributed by atoms with Crippen molar-refractivity contribution < 1.29 is 9.59 Å². The minimum absolute atomic E-state index is 0.0892. The molecule has 0 aliphatic carbocycles. The van der Waals surface area contributed by atoms with Crippen molar-refractivity contribution in [2.75, 3.05) is 6.54 Å². The van der Waals surface area contributed by atoms with E-state index >= 15 is 0 Å². The maximum atomic E-state index is 12.6. The van der Waals surface area contributed by atoms with Crippen molar-refractivity contribution in [3.05, 3.63) is 47.5 Å². The van der Waals surface area contributed by atoms with E-state index in [-0.39, 0.29) is 18.4 Å². The summed E-state index contributed by atoms with van der Waals surface area (Å²) >= 11 is 0. The summed E-state index contributed by atoms with van der Waals surface area (Å²) in [6.07, 6.45) is 0. The molecule has 1 heterocycles. The second-order valence-electron chi connectivity index (χ2n) is 5.90.